The van der Waals surface area contributed by atoms with Crippen LogP contribution >= 0.6 is 0 Å². The van der Waals surface area contributed by atoms with Gasteiger partial charge in [0, 0.05) is 12.0 Å². The highest BCUT2D eigenvalue weighted by molar-refractivity contribution is 5.34. The van der Waals surface area contributed by atoms with E-state index in [4.69, 9.17) is 0 Å². The molecule has 2 rings (SSSR count). The maximum absolute atomic E-state index is 9.43. The first-order valence-electron chi connectivity index (χ1n) is 5.55. The third-order valence-electron chi connectivity index (χ3n) is 4.64. The summed E-state index contributed by atoms with van der Waals surface area (Å²) in [7, 11) is 0. The number of aliphatic hydroxyl groups excluding tert-OH is 1. The Labute approximate surface area is 86.5 Å². The number of fused-ring (bicyclic) bond motifs is 2. The molecule has 78 valence electrons. The second-order valence-electron chi connectivity index (χ2n) is 4.97. The van der Waals surface area contributed by atoms with Gasteiger partial charge < -0.3 is 5.11 Å². The number of allylic oxidation sites excluding steroid dienone is 3. The first-order valence-corrected chi connectivity index (χ1v) is 5.55. The topological polar surface area (TPSA) is 20.2 Å². The van der Waals surface area contributed by atoms with Crippen molar-refractivity contribution in [3.63, 3.8) is 0 Å². The maximum Gasteiger partial charge on any atom is 0.0468 e. The Kier molecular flexibility index (Phi) is 2.30. The molecule has 1 fully saturated rings. The van der Waals surface area contributed by atoms with Gasteiger partial charge in [-0.1, -0.05) is 17.2 Å². The van der Waals surface area contributed by atoms with Crippen LogP contribution < -0.4 is 0 Å². The number of hydrogen-bond acceptors (Lipinski definition) is 1. The Bertz CT molecular complexity index is 290. The van der Waals surface area contributed by atoms with Crippen LogP contribution in [0.2, 0.25) is 0 Å². The van der Waals surface area contributed by atoms with E-state index in [-0.39, 0.29) is 5.41 Å². The largest absolute Gasteiger partial charge is 0.396 e. The summed E-state index contributed by atoms with van der Waals surface area (Å²) in [5.41, 5.74) is 3.38. The molecule has 1 saturated carbocycles. The lowest BCUT2D eigenvalue weighted by molar-refractivity contribution is 0.144. The summed E-state index contributed by atoms with van der Waals surface area (Å²) in [4.78, 5) is 0. The van der Waals surface area contributed by atoms with Crippen molar-refractivity contribution >= 4 is 0 Å². The molecule has 1 nitrogen and oxygen atoms in total. The molecular weight excluding hydrogens is 172 g/mol. The number of hydrogen-bond donors (Lipinski definition) is 1. The number of rotatable bonds is 3. The van der Waals surface area contributed by atoms with E-state index in [0.29, 0.717) is 12.5 Å². The van der Waals surface area contributed by atoms with Gasteiger partial charge in [-0.15, -0.1) is 6.58 Å². The molecule has 0 saturated heterocycles. The van der Waals surface area contributed by atoms with E-state index in [2.05, 4.69) is 20.4 Å². The van der Waals surface area contributed by atoms with Gasteiger partial charge in [0.2, 0.25) is 0 Å². The lowest BCUT2D eigenvalue weighted by atomic mass is 9.70. The fourth-order valence-corrected chi connectivity index (χ4v) is 3.66. The Hall–Kier alpha value is -0.560. The van der Waals surface area contributed by atoms with Crippen LogP contribution in [0.4, 0.5) is 0 Å². The summed E-state index contributed by atoms with van der Waals surface area (Å²) in [5, 5.41) is 9.43. The number of aliphatic hydroxyl groups is 1. The van der Waals surface area contributed by atoms with Crippen LogP contribution in [0.3, 0.4) is 0 Å². The van der Waals surface area contributed by atoms with E-state index < -0.39 is 0 Å². The van der Waals surface area contributed by atoms with Crippen molar-refractivity contribution in [2.75, 3.05) is 6.61 Å². The van der Waals surface area contributed by atoms with Crippen molar-refractivity contribution < 1.29 is 5.11 Å². The van der Waals surface area contributed by atoms with Crippen LogP contribution in [0.5, 0.6) is 0 Å². The summed E-state index contributed by atoms with van der Waals surface area (Å²) >= 11 is 0. The average molecular weight is 192 g/mol. The third-order valence-corrected chi connectivity index (χ3v) is 4.64. The van der Waals surface area contributed by atoms with Gasteiger partial charge in [-0.3, -0.25) is 0 Å². The SMILES string of the molecule is C=CCC12CC(CC1CO)C(C)=C2C. The zero-order chi connectivity index (χ0) is 10.3. The second kappa shape index (κ2) is 3.23. The van der Waals surface area contributed by atoms with Gasteiger partial charge in [-0.2, -0.15) is 0 Å². The lowest BCUT2D eigenvalue weighted by Gasteiger charge is -2.35. The van der Waals surface area contributed by atoms with E-state index >= 15 is 0 Å². The van der Waals surface area contributed by atoms with Gasteiger partial charge in [-0.25, -0.2) is 0 Å². The van der Waals surface area contributed by atoms with Gasteiger partial charge >= 0.3 is 0 Å². The monoisotopic (exact) mass is 192 g/mol. The van der Waals surface area contributed by atoms with E-state index in [1.165, 1.54) is 18.4 Å². The Morgan fingerprint density at radius 1 is 1.57 bits per heavy atom. The highest BCUT2D eigenvalue weighted by Gasteiger charge is 2.52. The van der Waals surface area contributed by atoms with Crippen molar-refractivity contribution in [2.45, 2.75) is 33.1 Å². The van der Waals surface area contributed by atoms with Gasteiger partial charge in [0.05, 0.1) is 0 Å². The smallest absolute Gasteiger partial charge is 0.0468 e. The molecule has 0 aromatic rings. The molecular formula is C13H20O. The van der Waals surface area contributed by atoms with Crippen LogP contribution in [0.15, 0.2) is 23.8 Å². The van der Waals surface area contributed by atoms with Crippen molar-refractivity contribution in [2.24, 2.45) is 17.3 Å². The molecule has 1 heteroatoms. The molecule has 2 bridgehead atoms. The zero-order valence-corrected chi connectivity index (χ0v) is 9.21. The Morgan fingerprint density at radius 3 is 2.79 bits per heavy atom. The highest BCUT2D eigenvalue weighted by atomic mass is 16.3. The molecule has 2 aliphatic carbocycles. The van der Waals surface area contributed by atoms with Crippen molar-refractivity contribution in [3.8, 4) is 0 Å². The zero-order valence-electron chi connectivity index (χ0n) is 9.21. The summed E-state index contributed by atoms with van der Waals surface area (Å²) in [6, 6.07) is 0. The van der Waals surface area contributed by atoms with Gasteiger partial charge in [-0.05, 0) is 44.9 Å². The van der Waals surface area contributed by atoms with Crippen LogP contribution in [-0.4, -0.2) is 11.7 Å². The van der Waals surface area contributed by atoms with E-state index in [0.717, 1.165) is 12.3 Å². The molecule has 3 unspecified atom stereocenters. The molecule has 0 spiro atoms. The second-order valence-corrected chi connectivity index (χ2v) is 4.97. The molecule has 0 heterocycles. The molecule has 3 atom stereocenters. The molecule has 0 aromatic heterocycles. The maximum atomic E-state index is 9.43. The molecule has 0 amide bonds. The minimum absolute atomic E-state index is 0.269. The summed E-state index contributed by atoms with van der Waals surface area (Å²) in [6.45, 7) is 8.71. The van der Waals surface area contributed by atoms with Crippen LogP contribution in [0.25, 0.3) is 0 Å². The summed E-state index contributed by atoms with van der Waals surface area (Å²) < 4.78 is 0. The van der Waals surface area contributed by atoms with Crippen molar-refractivity contribution in [1.29, 1.82) is 0 Å². The van der Waals surface area contributed by atoms with Crippen LogP contribution in [-0.2, 0) is 0 Å². The van der Waals surface area contributed by atoms with Crippen molar-refractivity contribution in [1.82, 2.24) is 0 Å². The van der Waals surface area contributed by atoms with Gasteiger partial charge in [0.25, 0.3) is 0 Å². The van der Waals surface area contributed by atoms with Crippen LogP contribution in [0, 0.1) is 17.3 Å². The minimum Gasteiger partial charge on any atom is -0.396 e. The molecule has 0 aliphatic heterocycles. The van der Waals surface area contributed by atoms with Gasteiger partial charge in [0.15, 0.2) is 0 Å². The predicted molar refractivity (Wildman–Crippen MR) is 58.9 cm³/mol. The normalized spacial score (nSPS) is 40.8. The van der Waals surface area contributed by atoms with E-state index in [1.54, 1.807) is 5.57 Å². The highest BCUT2D eigenvalue weighted by Crippen LogP contribution is 2.61. The molecule has 0 radical (unpaired) electrons. The van der Waals surface area contributed by atoms with E-state index in [9.17, 15) is 5.11 Å². The Morgan fingerprint density at radius 2 is 2.29 bits per heavy atom. The standard InChI is InChI=1S/C13H20O/c1-4-5-13-7-11(6-12(13)8-14)9(2)10(13)3/h4,11-12,14H,1,5-8H2,2-3H3. The fourth-order valence-electron chi connectivity index (χ4n) is 3.66. The van der Waals surface area contributed by atoms with E-state index in [1.807, 2.05) is 6.08 Å². The average Bonchev–Trinajstić information content (AvgIpc) is 2.64. The summed E-state index contributed by atoms with van der Waals surface area (Å²) in [6.07, 6.45) is 5.50. The minimum atomic E-state index is 0.269. The van der Waals surface area contributed by atoms with Gasteiger partial charge in [0.1, 0.15) is 0 Å². The predicted octanol–water partition coefficient (Wildman–Crippen LogP) is 2.92. The molecule has 14 heavy (non-hydrogen) atoms. The quantitative estimate of drug-likeness (QED) is 0.682. The first-order chi connectivity index (χ1) is 6.65. The lowest BCUT2D eigenvalue weighted by Crippen LogP contribution is -2.29. The third kappa shape index (κ3) is 1.05. The van der Waals surface area contributed by atoms with Crippen LogP contribution in [0.1, 0.15) is 33.1 Å². The first kappa shape index (κ1) is 9.97. The fraction of sp³-hybridized carbons (Fsp3) is 0.692. The molecule has 0 aromatic carbocycles. The molecule has 2 aliphatic rings. The van der Waals surface area contributed by atoms with Crippen molar-refractivity contribution in [3.05, 3.63) is 23.8 Å². The Balaban J connectivity index is 2.38. The molecule has 1 N–H and O–H groups in total. The summed E-state index contributed by atoms with van der Waals surface area (Å²) in [5.74, 6) is 1.22.